The predicted molar refractivity (Wildman–Crippen MR) is 70.0 cm³/mol. The lowest BCUT2D eigenvalue weighted by atomic mass is 10.0. The molecule has 1 aromatic heterocycles. The van der Waals surface area contributed by atoms with E-state index in [1.807, 2.05) is 42.5 Å². The van der Waals surface area contributed by atoms with E-state index >= 15 is 0 Å². The second-order valence-electron chi connectivity index (χ2n) is 3.74. The van der Waals surface area contributed by atoms with Crippen molar-refractivity contribution in [2.75, 3.05) is 0 Å². The first-order chi connectivity index (χ1) is 8.34. The highest BCUT2D eigenvalue weighted by Gasteiger charge is 2.04. The van der Waals surface area contributed by atoms with Gasteiger partial charge in [0.2, 0.25) is 0 Å². The smallest absolute Gasteiger partial charge is 0.0965 e. The standard InChI is InChI=1S/C14H9ClN2/c15-11-6-4-10(5-7-11)12-2-1-3-13-14(12)17-9-8-16-13/h1-9H. The Morgan fingerprint density at radius 1 is 0.824 bits per heavy atom. The van der Waals surface area contributed by atoms with E-state index in [0.717, 1.165) is 27.2 Å². The van der Waals surface area contributed by atoms with E-state index in [0.29, 0.717) is 0 Å². The largest absolute Gasteiger partial charge is 0.253 e. The summed E-state index contributed by atoms with van der Waals surface area (Å²) in [6.45, 7) is 0. The minimum Gasteiger partial charge on any atom is -0.253 e. The van der Waals surface area contributed by atoms with Crippen molar-refractivity contribution in [2.24, 2.45) is 0 Å². The normalized spacial score (nSPS) is 10.6. The minimum atomic E-state index is 0.736. The number of rotatable bonds is 1. The van der Waals surface area contributed by atoms with Crippen molar-refractivity contribution < 1.29 is 0 Å². The summed E-state index contributed by atoms with van der Waals surface area (Å²) >= 11 is 5.89. The van der Waals surface area contributed by atoms with Gasteiger partial charge in [-0.1, -0.05) is 35.9 Å². The topological polar surface area (TPSA) is 25.8 Å². The first-order valence-electron chi connectivity index (χ1n) is 5.30. The monoisotopic (exact) mass is 240 g/mol. The average molecular weight is 241 g/mol. The summed E-state index contributed by atoms with van der Waals surface area (Å²) in [5, 5.41) is 0.736. The first-order valence-corrected chi connectivity index (χ1v) is 5.68. The summed E-state index contributed by atoms with van der Waals surface area (Å²) in [5.74, 6) is 0. The molecule has 0 radical (unpaired) electrons. The molecule has 0 saturated heterocycles. The molecule has 3 heteroatoms. The third-order valence-electron chi connectivity index (χ3n) is 2.65. The van der Waals surface area contributed by atoms with Crippen molar-refractivity contribution in [3.63, 3.8) is 0 Å². The van der Waals surface area contributed by atoms with Crippen LogP contribution in [0.2, 0.25) is 5.02 Å². The first kappa shape index (κ1) is 10.2. The number of para-hydroxylation sites is 1. The van der Waals surface area contributed by atoms with Gasteiger partial charge in [0, 0.05) is 23.0 Å². The molecule has 0 aliphatic rings. The zero-order valence-electron chi connectivity index (χ0n) is 8.97. The van der Waals surface area contributed by atoms with E-state index in [1.165, 1.54) is 0 Å². The average Bonchev–Trinajstić information content (AvgIpc) is 2.39. The zero-order valence-corrected chi connectivity index (χ0v) is 9.72. The van der Waals surface area contributed by atoms with Crippen molar-refractivity contribution in [2.45, 2.75) is 0 Å². The lowest BCUT2D eigenvalue weighted by Gasteiger charge is -2.05. The van der Waals surface area contributed by atoms with E-state index < -0.39 is 0 Å². The maximum absolute atomic E-state index is 5.89. The molecule has 0 bridgehead atoms. The number of aromatic nitrogens is 2. The van der Waals surface area contributed by atoms with Gasteiger partial charge in [-0.25, -0.2) is 0 Å². The van der Waals surface area contributed by atoms with Crippen LogP contribution in [0.4, 0.5) is 0 Å². The van der Waals surface area contributed by atoms with Gasteiger partial charge in [0.15, 0.2) is 0 Å². The molecule has 0 atom stereocenters. The van der Waals surface area contributed by atoms with Crippen LogP contribution in [0.15, 0.2) is 54.9 Å². The van der Waals surface area contributed by atoms with E-state index in [9.17, 15) is 0 Å². The Balaban J connectivity index is 2.27. The Labute approximate surface area is 104 Å². The van der Waals surface area contributed by atoms with Crippen LogP contribution in [0.25, 0.3) is 22.2 Å². The Hall–Kier alpha value is -1.93. The molecule has 0 aliphatic carbocycles. The fraction of sp³-hybridized carbons (Fsp3) is 0. The van der Waals surface area contributed by atoms with Gasteiger partial charge in [0.05, 0.1) is 11.0 Å². The van der Waals surface area contributed by atoms with Gasteiger partial charge in [0.25, 0.3) is 0 Å². The lowest BCUT2D eigenvalue weighted by molar-refractivity contribution is 1.29. The number of benzene rings is 2. The highest BCUT2D eigenvalue weighted by atomic mass is 35.5. The molecule has 3 rings (SSSR count). The molecule has 0 N–H and O–H groups in total. The van der Waals surface area contributed by atoms with Gasteiger partial charge in [-0.15, -0.1) is 0 Å². The van der Waals surface area contributed by atoms with Crippen LogP contribution < -0.4 is 0 Å². The number of fused-ring (bicyclic) bond motifs is 1. The summed E-state index contributed by atoms with van der Waals surface area (Å²) in [6.07, 6.45) is 3.41. The van der Waals surface area contributed by atoms with Crippen LogP contribution in [0.1, 0.15) is 0 Å². The minimum absolute atomic E-state index is 0.736. The van der Waals surface area contributed by atoms with Crippen LogP contribution in [-0.4, -0.2) is 9.97 Å². The second kappa shape index (κ2) is 4.15. The van der Waals surface area contributed by atoms with E-state index in [2.05, 4.69) is 9.97 Å². The summed E-state index contributed by atoms with van der Waals surface area (Å²) in [4.78, 5) is 8.68. The number of hydrogen-bond donors (Lipinski definition) is 0. The molecular weight excluding hydrogens is 232 g/mol. The molecule has 0 amide bonds. The molecule has 1 heterocycles. The van der Waals surface area contributed by atoms with Crippen molar-refractivity contribution in [1.29, 1.82) is 0 Å². The van der Waals surface area contributed by atoms with E-state index in [-0.39, 0.29) is 0 Å². The highest BCUT2D eigenvalue weighted by Crippen LogP contribution is 2.26. The third-order valence-corrected chi connectivity index (χ3v) is 2.91. The number of nitrogens with zero attached hydrogens (tertiary/aromatic N) is 2. The van der Waals surface area contributed by atoms with Crippen molar-refractivity contribution in [1.82, 2.24) is 9.97 Å². The highest BCUT2D eigenvalue weighted by molar-refractivity contribution is 6.30. The van der Waals surface area contributed by atoms with Crippen molar-refractivity contribution >= 4 is 22.6 Å². The van der Waals surface area contributed by atoms with Gasteiger partial charge < -0.3 is 0 Å². The molecule has 3 aromatic rings. The molecule has 2 nitrogen and oxygen atoms in total. The fourth-order valence-corrected chi connectivity index (χ4v) is 1.98. The Kier molecular flexibility index (Phi) is 2.50. The fourth-order valence-electron chi connectivity index (χ4n) is 1.86. The quantitative estimate of drug-likeness (QED) is 0.644. The van der Waals surface area contributed by atoms with Gasteiger partial charge >= 0.3 is 0 Å². The molecule has 2 aromatic carbocycles. The Morgan fingerprint density at radius 3 is 2.41 bits per heavy atom. The van der Waals surface area contributed by atoms with Gasteiger partial charge in [0.1, 0.15) is 0 Å². The molecule has 0 fully saturated rings. The maximum atomic E-state index is 5.89. The predicted octanol–water partition coefficient (Wildman–Crippen LogP) is 3.95. The van der Waals surface area contributed by atoms with E-state index in [1.54, 1.807) is 12.4 Å². The van der Waals surface area contributed by atoms with Crippen LogP contribution in [0, 0.1) is 0 Å². The summed E-state index contributed by atoms with van der Waals surface area (Å²) in [7, 11) is 0. The maximum Gasteiger partial charge on any atom is 0.0965 e. The zero-order chi connectivity index (χ0) is 11.7. The molecule has 17 heavy (non-hydrogen) atoms. The van der Waals surface area contributed by atoms with Gasteiger partial charge in [-0.05, 0) is 23.8 Å². The van der Waals surface area contributed by atoms with Crippen LogP contribution in [-0.2, 0) is 0 Å². The summed E-state index contributed by atoms with van der Waals surface area (Å²) < 4.78 is 0. The Morgan fingerprint density at radius 2 is 1.59 bits per heavy atom. The number of halogens is 1. The Bertz CT molecular complexity index is 657. The SMILES string of the molecule is Clc1ccc(-c2cccc3nccnc23)cc1. The second-order valence-corrected chi connectivity index (χ2v) is 4.17. The van der Waals surface area contributed by atoms with Crippen molar-refractivity contribution in [3.8, 4) is 11.1 Å². The molecule has 82 valence electrons. The van der Waals surface area contributed by atoms with Gasteiger partial charge in [-0.3, -0.25) is 9.97 Å². The summed E-state index contributed by atoms with van der Waals surface area (Å²) in [5.41, 5.74) is 3.99. The van der Waals surface area contributed by atoms with Crippen LogP contribution >= 0.6 is 11.6 Å². The molecule has 0 saturated carbocycles. The summed E-state index contributed by atoms with van der Waals surface area (Å²) in [6, 6.07) is 13.7. The van der Waals surface area contributed by atoms with Crippen LogP contribution in [0.3, 0.4) is 0 Å². The van der Waals surface area contributed by atoms with Crippen LogP contribution in [0.5, 0.6) is 0 Å². The molecule has 0 spiro atoms. The molecular formula is C14H9ClN2. The van der Waals surface area contributed by atoms with Gasteiger partial charge in [-0.2, -0.15) is 0 Å². The lowest BCUT2D eigenvalue weighted by Crippen LogP contribution is -1.86. The van der Waals surface area contributed by atoms with E-state index in [4.69, 9.17) is 11.6 Å². The number of hydrogen-bond acceptors (Lipinski definition) is 2. The third kappa shape index (κ3) is 1.87. The molecule has 0 aliphatic heterocycles. The molecule has 0 unspecified atom stereocenters. The van der Waals surface area contributed by atoms with Crippen molar-refractivity contribution in [3.05, 3.63) is 59.9 Å².